The van der Waals surface area contributed by atoms with Gasteiger partial charge in [0.2, 0.25) is 0 Å². The van der Waals surface area contributed by atoms with Gasteiger partial charge in [0, 0.05) is 12.6 Å². The van der Waals surface area contributed by atoms with Crippen LogP contribution in [-0.4, -0.2) is 19.9 Å². The van der Waals surface area contributed by atoms with Crippen LogP contribution < -0.4 is 0 Å². The van der Waals surface area contributed by atoms with Crippen molar-refractivity contribution in [3.8, 4) is 11.4 Å². The van der Waals surface area contributed by atoms with Crippen LogP contribution in [0.2, 0.25) is 0 Å². The highest BCUT2D eigenvalue weighted by molar-refractivity contribution is 5.55. The maximum absolute atomic E-state index is 13.0. The normalized spacial score (nSPS) is 10.6. The summed E-state index contributed by atoms with van der Waals surface area (Å²) in [5, 5.41) is 16.6. The molecule has 0 unspecified atom stereocenters. The number of aliphatic hydroxyl groups excluding tert-OH is 1. The van der Waals surface area contributed by atoms with Crippen molar-refractivity contribution in [2.75, 3.05) is 0 Å². The van der Waals surface area contributed by atoms with Crippen molar-refractivity contribution in [3.05, 3.63) is 35.9 Å². The SMILES string of the molecule is Cn1c(CO)nnc1-c1cccc(F)c1. The number of halogens is 1. The molecule has 0 saturated carbocycles. The summed E-state index contributed by atoms with van der Waals surface area (Å²) in [6, 6.07) is 6.10. The van der Waals surface area contributed by atoms with Gasteiger partial charge in [0.1, 0.15) is 12.4 Å². The van der Waals surface area contributed by atoms with E-state index in [1.54, 1.807) is 23.7 Å². The molecule has 0 aliphatic rings. The van der Waals surface area contributed by atoms with Crippen LogP contribution in [-0.2, 0) is 13.7 Å². The van der Waals surface area contributed by atoms with E-state index in [9.17, 15) is 4.39 Å². The molecule has 0 spiro atoms. The Balaban J connectivity index is 2.49. The van der Waals surface area contributed by atoms with Gasteiger partial charge in [-0.15, -0.1) is 10.2 Å². The monoisotopic (exact) mass is 207 g/mol. The van der Waals surface area contributed by atoms with Gasteiger partial charge in [-0.1, -0.05) is 12.1 Å². The third-order valence-electron chi connectivity index (χ3n) is 2.19. The summed E-state index contributed by atoms with van der Waals surface area (Å²) in [6.45, 7) is -0.182. The highest BCUT2D eigenvalue weighted by Gasteiger charge is 2.09. The molecule has 0 amide bonds. The maximum Gasteiger partial charge on any atom is 0.163 e. The first kappa shape index (κ1) is 9.79. The van der Waals surface area contributed by atoms with Gasteiger partial charge in [0.05, 0.1) is 0 Å². The van der Waals surface area contributed by atoms with Crippen LogP contribution in [0, 0.1) is 5.82 Å². The minimum Gasteiger partial charge on any atom is -0.388 e. The highest BCUT2D eigenvalue weighted by Crippen LogP contribution is 2.17. The van der Waals surface area contributed by atoms with E-state index in [1.807, 2.05) is 0 Å². The third-order valence-corrected chi connectivity index (χ3v) is 2.19. The van der Waals surface area contributed by atoms with E-state index in [-0.39, 0.29) is 12.4 Å². The van der Waals surface area contributed by atoms with E-state index in [1.165, 1.54) is 12.1 Å². The second-order valence-electron chi connectivity index (χ2n) is 3.17. The lowest BCUT2D eigenvalue weighted by Crippen LogP contribution is -1.99. The topological polar surface area (TPSA) is 50.9 Å². The Morgan fingerprint density at radius 3 is 2.80 bits per heavy atom. The molecule has 15 heavy (non-hydrogen) atoms. The molecule has 2 aromatic rings. The molecule has 0 atom stereocenters. The third kappa shape index (κ3) is 1.73. The van der Waals surface area contributed by atoms with Crippen molar-refractivity contribution in [1.82, 2.24) is 14.8 Å². The minimum atomic E-state index is -0.318. The van der Waals surface area contributed by atoms with Crippen molar-refractivity contribution < 1.29 is 9.50 Å². The van der Waals surface area contributed by atoms with Crippen LogP contribution in [0.1, 0.15) is 5.82 Å². The van der Waals surface area contributed by atoms with Crippen molar-refractivity contribution >= 4 is 0 Å². The Bertz CT molecular complexity index is 481. The van der Waals surface area contributed by atoms with Crippen LogP contribution in [0.25, 0.3) is 11.4 Å². The molecule has 1 N–H and O–H groups in total. The second-order valence-corrected chi connectivity index (χ2v) is 3.17. The molecule has 0 bridgehead atoms. The Morgan fingerprint density at radius 1 is 1.40 bits per heavy atom. The fourth-order valence-electron chi connectivity index (χ4n) is 1.38. The molecule has 1 heterocycles. The number of rotatable bonds is 2. The largest absolute Gasteiger partial charge is 0.388 e. The molecular weight excluding hydrogens is 197 g/mol. The molecule has 4 nitrogen and oxygen atoms in total. The van der Waals surface area contributed by atoms with Gasteiger partial charge in [-0.2, -0.15) is 0 Å². The molecule has 1 aromatic carbocycles. The fourth-order valence-corrected chi connectivity index (χ4v) is 1.38. The molecule has 0 aliphatic carbocycles. The smallest absolute Gasteiger partial charge is 0.163 e. The molecule has 5 heteroatoms. The number of nitrogens with zero attached hydrogens (tertiary/aromatic N) is 3. The summed E-state index contributed by atoms with van der Waals surface area (Å²) in [7, 11) is 1.73. The zero-order chi connectivity index (χ0) is 10.8. The van der Waals surface area contributed by atoms with Gasteiger partial charge in [0.25, 0.3) is 0 Å². The molecule has 1 aromatic heterocycles. The van der Waals surface area contributed by atoms with Crippen molar-refractivity contribution in [2.45, 2.75) is 6.61 Å². The minimum absolute atomic E-state index is 0.182. The van der Waals surface area contributed by atoms with Gasteiger partial charge in [-0.25, -0.2) is 4.39 Å². The van der Waals surface area contributed by atoms with Gasteiger partial charge in [-0.3, -0.25) is 0 Å². The summed E-state index contributed by atoms with van der Waals surface area (Å²) in [5.74, 6) is 0.675. The van der Waals surface area contributed by atoms with E-state index in [0.717, 1.165) is 0 Å². The number of aliphatic hydroxyl groups is 1. The molecule has 78 valence electrons. The van der Waals surface area contributed by atoms with Gasteiger partial charge in [0.15, 0.2) is 11.6 Å². The molecule has 0 saturated heterocycles. The average Bonchev–Trinajstić information content (AvgIpc) is 2.59. The van der Waals surface area contributed by atoms with Crippen LogP contribution in [0.15, 0.2) is 24.3 Å². The lowest BCUT2D eigenvalue weighted by Gasteiger charge is -2.01. The molecule has 2 rings (SSSR count). The first-order chi connectivity index (χ1) is 7.22. The van der Waals surface area contributed by atoms with Crippen LogP contribution in [0.4, 0.5) is 4.39 Å². The Hall–Kier alpha value is -1.75. The predicted molar refractivity (Wildman–Crippen MR) is 52.3 cm³/mol. The average molecular weight is 207 g/mol. The van der Waals surface area contributed by atoms with Crippen molar-refractivity contribution in [2.24, 2.45) is 7.05 Å². The number of aromatic nitrogens is 3. The summed E-state index contributed by atoms with van der Waals surface area (Å²) >= 11 is 0. The van der Waals surface area contributed by atoms with Crippen LogP contribution in [0.5, 0.6) is 0 Å². The summed E-state index contributed by atoms with van der Waals surface area (Å²) in [5.41, 5.74) is 0.643. The second kappa shape index (κ2) is 3.78. The zero-order valence-corrected chi connectivity index (χ0v) is 8.18. The van der Waals surface area contributed by atoms with Gasteiger partial charge < -0.3 is 9.67 Å². The highest BCUT2D eigenvalue weighted by atomic mass is 19.1. The Labute approximate surface area is 86.0 Å². The summed E-state index contributed by atoms with van der Waals surface area (Å²) in [4.78, 5) is 0. The number of benzene rings is 1. The predicted octanol–water partition coefficient (Wildman–Crippen LogP) is 1.11. The Morgan fingerprint density at radius 2 is 2.20 bits per heavy atom. The van der Waals surface area contributed by atoms with Crippen molar-refractivity contribution in [3.63, 3.8) is 0 Å². The quantitative estimate of drug-likeness (QED) is 0.802. The zero-order valence-electron chi connectivity index (χ0n) is 8.18. The Kier molecular flexibility index (Phi) is 2.47. The summed E-state index contributed by atoms with van der Waals surface area (Å²) < 4.78 is 14.6. The van der Waals surface area contributed by atoms with E-state index in [0.29, 0.717) is 17.2 Å². The first-order valence-corrected chi connectivity index (χ1v) is 4.47. The molecule has 0 radical (unpaired) electrons. The fraction of sp³-hybridized carbons (Fsp3) is 0.200. The lowest BCUT2D eigenvalue weighted by molar-refractivity contribution is 0.267. The number of hydrogen-bond acceptors (Lipinski definition) is 3. The summed E-state index contributed by atoms with van der Waals surface area (Å²) in [6.07, 6.45) is 0. The van der Waals surface area contributed by atoms with Crippen LogP contribution >= 0.6 is 0 Å². The van der Waals surface area contributed by atoms with Gasteiger partial charge >= 0.3 is 0 Å². The van der Waals surface area contributed by atoms with E-state index in [4.69, 9.17) is 5.11 Å². The van der Waals surface area contributed by atoms with E-state index in [2.05, 4.69) is 10.2 Å². The van der Waals surface area contributed by atoms with E-state index < -0.39 is 0 Å². The molecular formula is C10H10FN3O. The maximum atomic E-state index is 13.0. The molecule has 0 aliphatic heterocycles. The molecule has 0 fully saturated rings. The van der Waals surface area contributed by atoms with E-state index >= 15 is 0 Å². The van der Waals surface area contributed by atoms with Gasteiger partial charge in [-0.05, 0) is 12.1 Å². The first-order valence-electron chi connectivity index (χ1n) is 4.47. The van der Waals surface area contributed by atoms with Crippen molar-refractivity contribution in [1.29, 1.82) is 0 Å². The lowest BCUT2D eigenvalue weighted by atomic mass is 10.2. The van der Waals surface area contributed by atoms with Crippen LogP contribution in [0.3, 0.4) is 0 Å². The number of hydrogen-bond donors (Lipinski definition) is 1. The standard InChI is InChI=1S/C10H10FN3O/c1-14-9(6-15)12-13-10(14)7-3-2-4-8(11)5-7/h2-5,15H,6H2,1H3.